The van der Waals surface area contributed by atoms with Crippen LogP contribution in [0, 0.1) is 0 Å². The van der Waals surface area contributed by atoms with Crippen molar-refractivity contribution in [3.63, 3.8) is 0 Å². The molecule has 0 aromatic rings. The molecule has 0 fully saturated rings. The van der Waals surface area contributed by atoms with Gasteiger partial charge in [0.25, 0.3) is 0 Å². The van der Waals surface area contributed by atoms with E-state index in [1.807, 2.05) is 12.4 Å². The van der Waals surface area contributed by atoms with E-state index in [9.17, 15) is 0 Å². The van der Waals surface area contributed by atoms with E-state index in [2.05, 4.69) is 24.1 Å². The highest BCUT2D eigenvalue weighted by Gasteiger charge is 2.09. The van der Waals surface area contributed by atoms with Crippen LogP contribution in [0.1, 0.15) is 32.6 Å². The van der Waals surface area contributed by atoms with E-state index in [0.717, 1.165) is 6.42 Å². The Morgan fingerprint density at radius 1 is 1.08 bits per heavy atom. The summed E-state index contributed by atoms with van der Waals surface area (Å²) in [7, 11) is 0. The van der Waals surface area contributed by atoms with Gasteiger partial charge in [-0.3, -0.25) is 4.99 Å². The summed E-state index contributed by atoms with van der Waals surface area (Å²) in [4.78, 5) is 4.20. The van der Waals surface area contributed by atoms with Crippen LogP contribution in [0.3, 0.4) is 0 Å². The lowest BCUT2D eigenvalue weighted by molar-refractivity contribution is 0.876. The average Bonchev–Trinajstić information content (AvgIpc) is 2.20. The molecule has 2 rings (SSSR count). The van der Waals surface area contributed by atoms with Gasteiger partial charge in [-0.05, 0) is 43.8 Å². The maximum absolute atomic E-state index is 4.20. The Morgan fingerprint density at radius 3 is 2.62 bits per heavy atom. The van der Waals surface area contributed by atoms with E-state index in [4.69, 9.17) is 0 Å². The topological polar surface area (TPSA) is 12.4 Å². The van der Waals surface area contributed by atoms with Crippen LogP contribution in [0.15, 0.2) is 40.1 Å². The quantitative estimate of drug-likeness (QED) is 0.576. The fourth-order valence-electron chi connectivity index (χ4n) is 1.75. The zero-order valence-corrected chi connectivity index (χ0v) is 8.09. The van der Waals surface area contributed by atoms with Gasteiger partial charge in [0.05, 0.1) is 0 Å². The Balaban J connectivity index is 2.17. The molecule has 0 unspecified atom stereocenters. The summed E-state index contributed by atoms with van der Waals surface area (Å²) in [6, 6.07) is 0. The second kappa shape index (κ2) is 3.73. The molecule has 0 spiro atoms. The second-order valence-electron chi connectivity index (χ2n) is 3.73. The summed E-state index contributed by atoms with van der Waals surface area (Å²) < 4.78 is 0. The first-order valence-corrected chi connectivity index (χ1v) is 4.93. The lowest BCUT2D eigenvalue weighted by Crippen LogP contribution is -1.98. The minimum Gasteiger partial charge on any atom is -0.269 e. The highest BCUT2D eigenvalue weighted by Crippen LogP contribution is 2.27. The Kier molecular flexibility index (Phi) is 2.44. The zero-order valence-electron chi connectivity index (χ0n) is 8.09. The molecular formula is C12H15N. The summed E-state index contributed by atoms with van der Waals surface area (Å²) in [5.41, 5.74) is 4.41. The van der Waals surface area contributed by atoms with Crippen molar-refractivity contribution in [2.24, 2.45) is 4.99 Å². The monoisotopic (exact) mass is 173 g/mol. The Labute approximate surface area is 79.6 Å². The number of allylic oxidation sites excluding steroid dienone is 5. The summed E-state index contributed by atoms with van der Waals surface area (Å²) in [6.07, 6.45) is 13.2. The van der Waals surface area contributed by atoms with Crippen molar-refractivity contribution >= 4 is 6.21 Å². The number of hydrogen-bond acceptors (Lipinski definition) is 1. The van der Waals surface area contributed by atoms with Gasteiger partial charge in [-0.1, -0.05) is 17.7 Å². The Bertz CT molecular complexity index is 316. The molecule has 1 heterocycles. The van der Waals surface area contributed by atoms with Crippen molar-refractivity contribution in [1.82, 2.24) is 0 Å². The molecule has 1 nitrogen and oxygen atoms in total. The van der Waals surface area contributed by atoms with Crippen LogP contribution in [-0.2, 0) is 0 Å². The Hall–Kier alpha value is -1.11. The zero-order chi connectivity index (χ0) is 9.10. The third-order valence-corrected chi connectivity index (χ3v) is 2.65. The fraction of sp³-hybridized carbons (Fsp3) is 0.417. The second-order valence-corrected chi connectivity index (χ2v) is 3.73. The van der Waals surface area contributed by atoms with Crippen molar-refractivity contribution in [3.05, 3.63) is 35.1 Å². The van der Waals surface area contributed by atoms with Crippen molar-refractivity contribution in [2.75, 3.05) is 0 Å². The van der Waals surface area contributed by atoms with E-state index >= 15 is 0 Å². The molecule has 0 atom stereocenters. The van der Waals surface area contributed by atoms with Crippen molar-refractivity contribution in [1.29, 1.82) is 0 Å². The molecule has 0 N–H and O–H groups in total. The van der Waals surface area contributed by atoms with Gasteiger partial charge in [-0.15, -0.1) is 0 Å². The number of rotatable bonds is 1. The molecule has 0 bridgehead atoms. The minimum absolute atomic E-state index is 1.10. The third-order valence-electron chi connectivity index (χ3n) is 2.65. The van der Waals surface area contributed by atoms with Gasteiger partial charge in [0.1, 0.15) is 0 Å². The van der Waals surface area contributed by atoms with Crippen LogP contribution >= 0.6 is 0 Å². The summed E-state index contributed by atoms with van der Waals surface area (Å²) in [5, 5.41) is 0. The van der Waals surface area contributed by atoms with Crippen LogP contribution in [0.5, 0.6) is 0 Å². The van der Waals surface area contributed by atoms with E-state index in [1.54, 1.807) is 0 Å². The first-order valence-electron chi connectivity index (χ1n) is 4.93. The minimum atomic E-state index is 1.10. The molecule has 1 aliphatic heterocycles. The smallest absolute Gasteiger partial charge is 0.0298 e. The molecule has 0 aromatic carbocycles. The van der Waals surface area contributed by atoms with Crippen LogP contribution in [0.25, 0.3) is 0 Å². The molecule has 68 valence electrons. The van der Waals surface area contributed by atoms with Crippen molar-refractivity contribution in [2.45, 2.75) is 32.6 Å². The predicted octanol–water partition coefficient (Wildman–Crippen LogP) is 3.40. The van der Waals surface area contributed by atoms with Gasteiger partial charge in [0.15, 0.2) is 0 Å². The molecule has 2 aliphatic rings. The lowest BCUT2D eigenvalue weighted by atomic mass is 9.91. The van der Waals surface area contributed by atoms with E-state index < -0.39 is 0 Å². The van der Waals surface area contributed by atoms with E-state index in [1.165, 1.54) is 36.0 Å². The normalized spacial score (nSPS) is 22.1. The van der Waals surface area contributed by atoms with E-state index in [0.29, 0.717) is 0 Å². The van der Waals surface area contributed by atoms with Gasteiger partial charge in [-0.2, -0.15) is 0 Å². The molecule has 1 aliphatic carbocycles. The number of hydrogen-bond donors (Lipinski definition) is 0. The maximum Gasteiger partial charge on any atom is 0.0298 e. The van der Waals surface area contributed by atoms with Gasteiger partial charge in [0.2, 0.25) is 0 Å². The molecule has 0 radical (unpaired) electrons. The molecule has 0 saturated carbocycles. The van der Waals surface area contributed by atoms with Crippen LogP contribution in [-0.4, -0.2) is 6.21 Å². The maximum atomic E-state index is 4.20. The van der Waals surface area contributed by atoms with Crippen LogP contribution < -0.4 is 0 Å². The van der Waals surface area contributed by atoms with Crippen LogP contribution in [0.4, 0.5) is 0 Å². The fourth-order valence-corrected chi connectivity index (χ4v) is 1.75. The number of aliphatic imine (C=N–C) groups is 1. The molecular weight excluding hydrogens is 158 g/mol. The first-order chi connectivity index (χ1) is 6.36. The van der Waals surface area contributed by atoms with Crippen LogP contribution in [0.2, 0.25) is 0 Å². The van der Waals surface area contributed by atoms with Gasteiger partial charge in [-0.25, -0.2) is 0 Å². The molecule has 1 heteroatoms. The molecule has 0 amide bonds. The lowest BCUT2D eigenvalue weighted by Gasteiger charge is -2.15. The first kappa shape index (κ1) is 8.49. The van der Waals surface area contributed by atoms with Gasteiger partial charge >= 0.3 is 0 Å². The Morgan fingerprint density at radius 2 is 2.00 bits per heavy atom. The van der Waals surface area contributed by atoms with Gasteiger partial charge in [0, 0.05) is 12.4 Å². The number of nitrogens with zero attached hydrogens (tertiary/aromatic N) is 1. The highest BCUT2D eigenvalue weighted by atomic mass is 14.7. The summed E-state index contributed by atoms with van der Waals surface area (Å²) >= 11 is 0. The summed E-state index contributed by atoms with van der Waals surface area (Å²) in [5.74, 6) is 0. The standard InChI is InChI=1S/C12H15N/c1-10-4-6-11(7-5-10)12-3-2-8-13-9-12/h4,6,8-9H,2-3,5,7H2,1H3. The predicted molar refractivity (Wildman–Crippen MR) is 56.9 cm³/mol. The SMILES string of the molecule is CC1=CC=C(C2=CN=CCC2)CC1. The largest absolute Gasteiger partial charge is 0.269 e. The van der Waals surface area contributed by atoms with Gasteiger partial charge < -0.3 is 0 Å². The average molecular weight is 173 g/mol. The molecule has 0 aromatic heterocycles. The molecule has 0 saturated heterocycles. The molecule has 13 heavy (non-hydrogen) atoms. The van der Waals surface area contributed by atoms with Crippen molar-refractivity contribution < 1.29 is 0 Å². The van der Waals surface area contributed by atoms with Crippen molar-refractivity contribution in [3.8, 4) is 0 Å². The van der Waals surface area contributed by atoms with E-state index in [-0.39, 0.29) is 0 Å². The summed E-state index contributed by atoms with van der Waals surface area (Å²) in [6.45, 7) is 2.20. The third kappa shape index (κ3) is 1.97. The highest BCUT2D eigenvalue weighted by molar-refractivity contribution is 5.61.